The van der Waals surface area contributed by atoms with Crippen LogP contribution in [0.15, 0.2) is 29.6 Å². The van der Waals surface area contributed by atoms with Crippen molar-refractivity contribution < 1.29 is 17.9 Å². The summed E-state index contributed by atoms with van der Waals surface area (Å²) in [4.78, 5) is 8.43. The lowest BCUT2D eigenvalue weighted by molar-refractivity contribution is -0.190. The van der Waals surface area contributed by atoms with E-state index in [4.69, 9.17) is 4.74 Å². The zero-order valence-electron chi connectivity index (χ0n) is 13.5. The van der Waals surface area contributed by atoms with Crippen molar-refractivity contribution in [3.8, 4) is 5.88 Å². The highest BCUT2D eigenvalue weighted by molar-refractivity contribution is 6.16. The maximum atomic E-state index is 12.8. The molecule has 5 nitrogen and oxygen atoms in total. The van der Waals surface area contributed by atoms with Gasteiger partial charge in [-0.2, -0.15) is 18.3 Å². The second-order valence-electron chi connectivity index (χ2n) is 5.92. The first kappa shape index (κ1) is 16.5. The fourth-order valence-electron chi connectivity index (χ4n) is 2.41. The van der Waals surface area contributed by atoms with Crippen LogP contribution in [-0.4, -0.2) is 32.8 Å². The van der Waals surface area contributed by atoms with Gasteiger partial charge in [-0.3, -0.25) is 9.67 Å². The largest absolute Gasteiger partial charge is 0.464 e. The fraction of sp³-hybridized carbons (Fsp3) is 0.438. The van der Waals surface area contributed by atoms with Crippen molar-refractivity contribution in [2.24, 2.45) is 4.99 Å². The molecule has 0 aliphatic carbocycles. The average molecular weight is 338 g/mol. The molecule has 24 heavy (non-hydrogen) atoms. The second kappa shape index (κ2) is 5.92. The smallest absolute Gasteiger partial charge is 0.425 e. The van der Waals surface area contributed by atoms with E-state index in [0.717, 1.165) is 18.1 Å². The van der Waals surface area contributed by atoms with Crippen LogP contribution in [0.4, 0.5) is 13.2 Å². The molecular weight excluding hydrogens is 321 g/mol. The standard InChI is InChI=1S/C16H17F3N4O/c1-9(2)23-8-12(7-22-23)14-13-11(6-21-14)4-5-20-15(13)24-10(3)16(17,18)19/h4-5,7-10H,6H2,1-3H3. The molecule has 3 heterocycles. The number of hydrogen-bond donors (Lipinski definition) is 0. The van der Waals surface area contributed by atoms with E-state index in [1.165, 1.54) is 6.20 Å². The highest BCUT2D eigenvalue weighted by atomic mass is 19.4. The average Bonchev–Trinajstić information content (AvgIpc) is 3.13. The molecule has 1 atom stereocenters. The Morgan fingerprint density at radius 1 is 1.25 bits per heavy atom. The molecule has 0 saturated heterocycles. The number of hydrogen-bond acceptors (Lipinski definition) is 4. The molecule has 0 spiro atoms. The third kappa shape index (κ3) is 3.00. The zero-order chi connectivity index (χ0) is 17.5. The van der Waals surface area contributed by atoms with Crippen molar-refractivity contribution >= 4 is 5.71 Å². The minimum atomic E-state index is -4.46. The predicted molar refractivity (Wildman–Crippen MR) is 82.3 cm³/mol. The number of aromatic nitrogens is 3. The lowest BCUT2D eigenvalue weighted by Gasteiger charge is -2.18. The van der Waals surface area contributed by atoms with E-state index in [9.17, 15) is 13.2 Å². The second-order valence-corrected chi connectivity index (χ2v) is 5.92. The summed E-state index contributed by atoms with van der Waals surface area (Å²) >= 11 is 0. The van der Waals surface area contributed by atoms with E-state index in [-0.39, 0.29) is 11.9 Å². The van der Waals surface area contributed by atoms with E-state index in [1.54, 1.807) is 16.9 Å². The maximum Gasteiger partial charge on any atom is 0.425 e. The normalized spacial score (nSPS) is 15.4. The number of aliphatic imine (C=N–C) groups is 1. The lowest BCUT2D eigenvalue weighted by atomic mass is 10.0. The minimum Gasteiger partial charge on any atom is -0.464 e. The minimum absolute atomic E-state index is 0.0501. The molecule has 1 aliphatic rings. The van der Waals surface area contributed by atoms with Gasteiger partial charge in [0, 0.05) is 24.0 Å². The van der Waals surface area contributed by atoms with Crippen molar-refractivity contribution in [3.05, 3.63) is 41.3 Å². The fourth-order valence-corrected chi connectivity index (χ4v) is 2.41. The molecule has 8 heteroatoms. The number of fused-ring (bicyclic) bond motifs is 1. The van der Waals surface area contributed by atoms with Crippen molar-refractivity contribution in [2.45, 2.75) is 45.6 Å². The number of rotatable bonds is 4. The summed E-state index contributed by atoms with van der Waals surface area (Å²) in [5, 5.41) is 4.26. The summed E-state index contributed by atoms with van der Waals surface area (Å²) in [6.07, 6.45) is -1.49. The van der Waals surface area contributed by atoms with Crippen molar-refractivity contribution in [2.75, 3.05) is 0 Å². The number of pyridine rings is 1. The Bertz CT molecular complexity index is 780. The molecule has 1 unspecified atom stereocenters. The van der Waals surface area contributed by atoms with Crippen molar-refractivity contribution in [3.63, 3.8) is 0 Å². The third-order valence-corrected chi connectivity index (χ3v) is 3.80. The molecule has 2 aromatic rings. The van der Waals surface area contributed by atoms with Crippen LogP contribution in [-0.2, 0) is 6.54 Å². The lowest BCUT2D eigenvalue weighted by Crippen LogP contribution is -2.32. The topological polar surface area (TPSA) is 52.3 Å². The first-order valence-electron chi connectivity index (χ1n) is 7.58. The number of alkyl halides is 3. The van der Waals surface area contributed by atoms with Gasteiger partial charge in [-0.05, 0) is 32.4 Å². The molecule has 2 aromatic heterocycles. The number of ether oxygens (including phenoxy) is 1. The first-order chi connectivity index (χ1) is 11.3. The summed E-state index contributed by atoms with van der Waals surface area (Å²) in [7, 11) is 0. The molecule has 3 rings (SSSR count). The van der Waals surface area contributed by atoms with E-state index in [1.807, 2.05) is 20.0 Å². The Balaban J connectivity index is 1.97. The molecule has 0 fully saturated rings. The number of nitrogens with zero attached hydrogens (tertiary/aromatic N) is 4. The van der Waals surface area contributed by atoms with Gasteiger partial charge in [0.05, 0.1) is 24.0 Å². The molecule has 0 radical (unpaired) electrons. The van der Waals surface area contributed by atoms with Crippen LogP contribution in [0, 0.1) is 0 Å². The van der Waals surface area contributed by atoms with Gasteiger partial charge in [0.2, 0.25) is 5.88 Å². The van der Waals surface area contributed by atoms with Crippen molar-refractivity contribution in [1.82, 2.24) is 14.8 Å². The molecule has 0 saturated carbocycles. The summed E-state index contributed by atoms with van der Waals surface area (Å²) in [6, 6.07) is 1.92. The van der Waals surface area contributed by atoms with Gasteiger partial charge >= 0.3 is 6.18 Å². The maximum absolute atomic E-state index is 12.8. The molecule has 1 aliphatic heterocycles. The Hall–Kier alpha value is -2.38. The molecule has 0 bridgehead atoms. The van der Waals surface area contributed by atoms with Gasteiger partial charge in [0.25, 0.3) is 0 Å². The molecule has 0 amide bonds. The number of halogens is 3. The van der Waals surface area contributed by atoms with Crippen LogP contribution in [0.3, 0.4) is 0 Å². The molecule has 0 N–H and O–H groups in total. The summed E-state index contributed by atoms with van der Waals surface area (Å²) in [5.41, 5.74) is 2.60. The van der Waals surface area contributed by atoms with Gasteiger partial charge in [-0.1, -0.05) is 0 Å². The van der Waals surface area contributed by atoms with Crippen LogP contribution < -0.4 is 4.74 Å². The van der Waals surface area contributed by atoms with Crippen LogP contribution in [0.1, 0.15) is 43.5 Å². The summed E-state index contributed by atoms with van der Waals surface area (Å²) < 4.78 is 45.3. The molecular formula is C16H17F3N4O. The Labute approximate surface area is 137 Å². The summed E-state index contributed by atoms with van der Waals surface area (Å²) in [5.74, 6) is -0.0501. The van der Waals surface area contributed by atoms with E-state index < -0.39 is 12.3 Å². The Morgan fingerprint density at radius 2 is 2.00 bits per heavy atom. The molecule has 128 valence electrons. The van der Waals surface area contributed by atoms with Crippen LogP contribution in [0.25, 0.3) is 0 Å². The van der Waals surface area contributed by atoms with Crippen LogP contribution in [0.2, 0.25) is 0 Å². The van der Waals surface area contributed by atoms with Crippen LogP contribution >= 0.6 is 0 Å². The highest BCUT2D eigenvalue weighted by Gasteiger charge is 2.39. The summed E-state index contributed by atoms with van der Waals surface area (Å²) in [6.45, 7) is 5.32. The first-order valence-corrected chi connectivity index (χ1v) is 7.58. The van der Waals surface area contributed by atoms with Gasteiger partial charge in [-0.25, -0.2) is 4.98 Å². The van der Waals surface area contributed by atoms with Gasteiger partial charge in [0.1, 0.15) is 0 Å². The highest BCUT2D eigenvalue weighted by Crippen LogP contribution is 2.32. The Morgan fingerprint density at radius 3 is 2.62 bits per heavy atom. The Kier molecular flexibility index (Phi) is 4.06. The monoisotopic (exact) mass is 338 g/mol. The van der Waals surface area contributed by atoms with Crippen LogP contribution in [0.5, 0.6) is 5.88 Å². The zero-order valence-corrected chi connectivity index (χ0v) is 13.5. The van der Waals surface area contributed by atoms with Gasteiger partial charge in [-0.15, -0.1) is 0 Å². The van der Waals surface area contributed by atoms with E-state index >= 15 is 0 Å². The van der Waals surface area contributed by atoms with Gasteiger partial charge in [0.15, 0.2) is 6.10 Å². The SMILES string of the molecule is CC(C)n1cc(C2=NCc3ccnc(OC(C)C(F)(F)F)c32)cn1. The van der Waals surface area contributed by atoms with Crippen molar-refractivity contribution in [1.29, 1.82) is 0 Å². The predicted octanol–water partition coefficient (Wildman–Crippen LogP) is 3.54. The molecule has 0 aromatic carbocycles. The van der Waals surface area contributed by atoms with E-state index in [0.29, 0.717) is 17.8 Å². The third-order valence-electron chi connectivity index (χ3n) is 3.80. The quantitative estimate of drug-likeness (QED) is 0.857. The van der Waals surface area contributed by atoms with E-state index in [2.05, 4.69) is 15.1 Å². The van der Waals surface area contributed by atoms with Gasteiger partial charge < -0.3 is 4.74 Å².